The number of nitrogens with zero attached hydrogens (tertiary/aromatic N) is 1. The molecule has 2 amide bonds. The Kier molecular flexibility index (Phi) is 3.22. The zero-order chi connectivity index (χ0) is 14.1. The second-order valence-corrected chi connectivity index (χ2v) is 5.04. The topological polar surface area (TPSA) is 81.9 Å². The van der Waals surface area contributed by atoms with Gasteiger partial charge in [-0.2, -0.15) is 0 Å². The van der Waals surface area contributed by atoms with E-state index in [2.05, 4.69) is 0 Å². The number of carbonyl (C=O) groups is 2. The van der Waals surface area contributed by atoms with E-state index < -0.39 is 5.91 Å². The van der Waals surface area contributed by atoms with E-state index in [4.69, 9.17) is 15.2 Å². The lowest BCUT2D eigenvalue weighted by atomic mass is 10.1. The maximum Gasteiger partial charge on any atom is 0.231 e. The van der Waals surface area contributed by atoms with Gasteiger partial charge in [-0.25, -0.2) is 0 Å². The Hall–Kier alpha value is -2.24. The molecule has 2 aliphatic rings. The molecule has 6 heteroatoms. The predicted molar refractivity (Wildman–Crippen MR) is 70.2 cm³/mol. The Morgan fingerprint density at radius 3 is 3.00 bits per heavy atom. The molecule has 20 heavy (non-hydrogen) atoms. The highest BCUT2D eigenvalue weighted by Crippen LogP contribution is 2.35. The molecule has 1 aromatic rings. The van der Waals surface area contributed by atoms with Gasteiger partial charge in [0.15, 0.2) is 11.5 Å². The lowest BCUT2D eigenvalue weighted by Crippen LogP contribution is -2.30. The molecule has 2 heterocycles. The van der Waals surface area contributed by atoms with Gasteiger partial charge < -0.3 is 20.1 Å². The van der Waals surface area contributed by atoms with Crippen LogP contribution in [0, 0.1) is 5.92 Å². The summed E-state index contributed by atoms with van der Waals surface area (Å²) in [5, 5.41) is 0. The molecule has 3 rings (SSSR count). The maximum absolute atomic E-state index is 11.8. The Balaban J connectivity index is 1.65. The summed E-state index contributed by atoms with van der Waals surface area (Å²) in [6.07, 6.45) is 0.894. The summed E-state index contributed by atoms with van der Waals surface area (Å²) in [4.78, 5) is 24.6. The van der Waals surface area contributed by atoms with Crippen molar-refractivity contribution in [1.82, 2.24) is 4.90 Å². The van der Waals surface area contributed by atoms with Gasteiger partial charge in [0.2, 0.25) is 18.6 Å². The highest BCUT2D eigenvalue weighted by molar-refractivity contribution is 5.88. The highest BCUT2D eigenvalue weighted by Gasteiger charge is 2.32. The number of amides is 2. The van der Waals surface area contributed by atoms with Crippen molar-refractivity contribution >= 4 is 11.8 Å². The molecule has 0 radical (unpaired) electrons. The van der Waals surface area contributed by atoms with Crippen molar-refractivity contribution < 1.29 is 19.1 Å². The van der Waals surface area contributed by atoms with Crippen LogP contribution in [0.4, 0.5) is 0 Å². The van der Waals surface area contributed by atoms with Gasteiger partial charge in [0, 0.05) is 19.5 Å². The first kappa shape index (κ1) is 12.8. The Morgan fingerprint density at radius 2 is 2.25 bits per heavy atom. The van der Waals surface area contributed by atoms with E-state index in [1.807, 2.05) is 18.2 Å². The molecule has 0 bridgehead atoms. The molecule has 1 fully saturated rings. The zero-order valence-corrected chi connectivity index (χ0v) is 11.0. The molecular weight excluding hydrogens is 260 g/mol. The van der Waals surface area contributed by atoms with Crippen molar-refractivity contribution in [2.75, 3.05) is 19.9 Å². The minimum Gasteiger partial charge on any atom is -0.454 e. The average molecular weight is 276 g/mol. The van der Waals surface area contributed by atoms with Crippen molar-refractivity contribution in [3.63, 3.8) is 0 Å². The molecule has 2 aliphatic heterocycles. The van der Waals surface area contributed by atoms with E-state index in [0.29, 0.717) is 19.5 Å². The Morgan fingerprint density at radius 1 is 1.40 bits per heavy atom. The lowest BCUT2D eigenvalue weighted by molar-refractivity contribution is -0.128. The van der Waals surface area contributed by atoms with Crippen LogP contribution >= 0.6 is 0 Å². The molecule has 6 nitrogen and oxygen atoms in total. The van der Waals surface area contributed by atoms with Crippen molar-refractivity contribution in [2.45, 2.75) is 12.8 Å². The summed E-state index contributed by atoms with van der Waals surface area (Å²) >= 11 is 0. The number of ether oxygens (including phenoxy) is 2. The number of hydrogen-bond donors (Lipinski definition) is 1. The largest absolute Gasteiger partial charge is 0.454 e. The number of para-hydroxylation sites is 1. The molecule has 106 valence electrons. The lowest BCUT2D eigenvalue weighted by Gasteiger charge is -2.16. The summed E-state index contributed by atoms with van der Waals surface area (Å²) in [7, 11) is 0. The minimum atomic E-state index is -0.404. The molecule has 2 N–H and O–H groups in total. The van der Waals surface area contributed by atoms with Crippen LogP contribution in [0.25, 0.3) is 0 Å². The number of likely N-dealkylation sites (tertiary alicyclic amines) is 1. The molecule has 0 saturated carbocycles. The fraction of sp³-hybridized carbons (Fsp3) is 0.429. The Labute approximate surface area is 116 Å². The van der Waals surface area contributed by atoms with E-state index in [-0.39, 0.29) is 25.0 Å². The number of rotatable bonds is 4. The fourth-order valence-electron chi connectivity index (χ4n) is 2.62. The maximum atomic E-state index is 11.8. The first-order valence-corrected chi connectivity index (χ1v) is 6.59. The first-order valence-electron chi connectivity index (χ1n) is 6.59. The molecule has 1 atom stereocenters. The van der Waals surface area contributed by atoms with Crippen LogP contribution in [0.3, 0.4) is 0 Å². The van der Waals surface area contributed by atoms with E-state index >= 15 is 0 Å². The number of carbonyl (C=O) groups excluding carboxylic acids is 2. The Bertz CT molecular complexity index is 558. The molecule has 0 aromatic heterocycles. The predicted octanol–water partition coefficient (Wildman–Crippen LogP) is 0.292. The number of fused-ring (bicyclic) bond motifs is 1. The van der Waals surface area contributed by atoms with Gasteiger partial charge in [-0.1, -0.05) is 12.1 Å². The zero-order valence-electron chi connectivity index (χ0n) is 11.0. The van der Waals surface area contributed by atoms with Gasteiger partial charge in [0.25, 0.3) is 0 Å². The third-order valence-electron chi connectivity index (χ3n) is 3.75. The smallest absolute Gasteiger partial charge is 0.231 e. The molecular formula is C14H16N2O4. The standard InChI is InChI=1S/C14H16N2O4/c15-14(18)10-6-12(17)16(7-10)5-4-9-2-1-3-11-13(9)20-8-19-11/h1-3,10H,4-8H2,(H2,15,18). The van der Waals surface area contributed by atoms with Crippen molar-refractivity contribution in [3.8, 4) is 11.5 Å². The van der Waals surface area contributed by atoms with Crippen LogP contribution in [0.5, 0.6) is 11.5 Å². The summed E-state index contributed by atoms with van der Waals surface area (Å²) in [6, 6.07) is 5.72. The molecule has 1 saturated heterocycles. The number of benzene rings is 1. The SMILES string of the molecule is NC(=O)C1CC(=O)N(CCc2cccc3c2OCO3)C1. The van der Waals surface area contributed by atoms with Gasteiger partial charge >= 0.3 is 0 Å². The number of primary amides is 1. The third kappa shape index (κ3) is 2.29. The quantitative estimate of drug-likeness (QED) is 0.857. The van der Waals surface area contributed by atoms with Gasteiger partial charge in [0.1, 0.15) is 0 Å². The minimum absolute atomic E-state index is 0.0152. The van der Waals surface area contributed by atoms with Crippen molar-refractivity contribution in [2.24, 2.45) is 11.7 Å². The number of nitrogens with two attached hydrogens (primary N) is 1. The molecule has 0 spiro atoms. The van der Waals surface area contributed by atoms with Crippen LogP contribution in [-0.4, -0.2) is 36.6 Å². The summed E-state index contributed by atoms with van der Waals surface area (Å²) < 4.78 is 10.7. The van der Waals surface area contributed by atoms with Crippen molar-refractivity contribution in [1.29, 1.82) is 0 Å². The van der Waals surface area contributed by atoms with E-state index in [9.17, 15) is 9.59 Å². The number of hydrogen-bond acceptors (Lipinski definition) is 4. The van der Waals surface area contributed by atoms with E-state index in [1.165, 1.54) is 0 Å². The van der Waals surface area contributed by atoms with Crippen LogP contribution in [0.15, 0.2) is 18.2 Å². The second kappa shape index (κ2) is 5.03. The van der Waals surface area contributed by atoms with Gasteiger partial charge in [-0.05, 0) is 18.1 Å². The van der Waals surface area contributed by atoms with Gasteiger partial charge in [-0.15, -0.1) is 0 Å². The van der Waals surface area contributed by atoms with E-state index in [0.717, 1.165) is 17.1 Å². The average Bonchev–Trinajstić information content (AvgIpc) is 3.03. The first-order chi connectivity index (χ1) is 9.65. The van der Waals surface area contributed by atoms with E-state index in [1.54, 1.807) is 4.90 Å². The second-order valence-electron chi connectivity index (χ2n) is 5.04. The summed E-state index contributed by atoms with van der Waals surface area (Å²) in [6.45, 7) is 1.21. The van der Waals surface area contributed by atoms with Gasteiger partial charge in [0.05, 0.1) is 5.92 Å². The van der Waals surface area contributed by atoms with Crippen LogP contribution in [0.2, 0.25) is 0 Å². The van der Waals surface area contributed by atoms with Crippen LogP contribution < -0.4 is 15.2 Å². The monoisotopic (exact) mass is 276 g/mol. The summed E-state index contributed by atoms with van der Waals surface area (Å²) in [5.41, 5.74) is 6.26. The highest BCUT2D eigenvalue weighted by atomic mass is 16.7. The fourth-order valence-corrected chi connectivity index (χ4v) is 2.62. The van der Waals surface area contributed by atoms with Crippen LogP contribution in [-0.2, 0) is 16.0 Å². The normalized spacial score (nSPS) is 20.5. The molecule has 0 aliphatic carbocycles. The molecule has 1 unspecified atom stereocenters. The third-order valence-corrected chi connectivity index (χ3v) is 3.75. The molecule has 1 aromatic carbocycles. The van der Waals surface area contributed by atoms with Crippen molar-refractivity contribution in [3.05, 3.63) is 23.8 Å². The van der Waals surface area contributed by atoms with Gasteiger partial charge in [-0.3, -0.25) is 9.59 Å². The van der Waals surface area contributed by atoms with Crippen LogP contribution in [0.1, 0.15) is 12.0 Å². The summed E-state index contributed by atoms with van der Waals surface area (Å²) in [5.74, 6) is 0.719.